The Morgan fingerprint density at radius 3 is 2.57 bits per heavy atom. The molecule has 1 heterocycles. The smallest absolute Gasteiger partial charge is 0.317 e. The van der Waals surface area contributed by atoms with Crippen LogP contribution in [0.1, 0.15) is 13.3 Å². The van der Waals surface area contributed by atoms with Crippen LogP contribution >= 0.6 is 0 Å². The Kier molecular flexibility index (Phi) is 1.83. The first-order valence-corrected chi connectivity index (χ1v) is 4.50. The lowest BCUT2D eigenvalue weighted by Gasteiger charge is -2.12. The van der Waals surface area contributed by atoms with Crippen LogP contribution in [-0.4, -0.2) is 23.0 Å². The number of esters is 2. The Balaban J connectivity index is 2.27. The van der Waals surface area contributed by atoms with Crippen molar-refractivity contribution < 1.29 is 24.2 Å². The third-order valence-electron chi connectivity index (χ3n) is 3.24. The second kappa shape index (κ2) is 2.80. The van der Waals surface area contributed by atoms with Gasteiger partial charge >= 0.3 is 17.9 Å². The minimum absolute atomic E-state index is 0.228. The van der Waals surface area contributed by atoms with Crippen LogP contribution in [0.2, 0.25) is 0 Å². The molecule has 2 aliphatic rings. The van der Waals surface area contributed by atoms with Gasteiger partial charge in [0.15, 0.2) is 0 Å². The summed E-state index contributed by atoms with van der Waals surface area (Å²) in [5.41, 5.74) is 0. The predicted molar refractivity (Wildman–Crippen MR) is 43.0 cm³/mol. The van der Waals surface area contributed by atoms with Crippen LogP contribution in [0.3, 0.4) is 0 Å². The highest BCUT2D eigenvalue weighted by Gasteiger charge is 2.56. The minimum atomic E-state index is -0.937. The highest BCUT2D eigenvalue weighted by atomic mass is 16.6. The molecule has 76 valence electrons. The van der Waals surface area contributed by atoms with Gasteiger partial charge in [-0.25, -0.2) is 0 Å². The number of carbonyl (C=O) groups excluding carboxylic acids is 2. The molecule has 0 amide bonds. The summed E-state index contributed by atoms with van der Waals surface area (Å²) < 4.78 is 4.46. The zero-order valence-electron chi connectivity index (χ0n) is 7.60. The molecule has 0 aromatic carbocycles. The topological polar surface area (TPSA) is 80.7 Å². The Bertz CT molecular complexity index is 321. The van der Waals surface area contributed by atoms with Crippen molar-refractivity contribution in [3.05, 3.63) is 0 Å². The van der Waals surface area contributed by atoms with Gasteiger partial charge in [-0.2, -0.15) is 0 Å². The summed E-state index contributed by atoms with van der Waals surface area (Å²) in [5.74, 6) is -4.03. The van der Waals surface area contributed by atoms with Crippen molar-refractivity contribution >= 4 is 17.9 Å². The molecular formula is C9H10O5. The fraction of sp³-hybridized carbons (Fsp3) is 0.667. The normalized spacial score (nSPS) is 40.9. The number of carboxylic acids is 1. The second-order valence-corrected chi connectivity index (χ2v) is 3.91. The van der Waals surface area contributed by atoms with Crippen LogP contribution in [-0.2, 0) is 19.1 Å². The van der Waals surface area contributed by atoms with E-state index in [1.54, 1.807) is 6.92 Å². The maximum atomic E-state index is 11.2. The first kappa shape index (κ1) is 9.18. The molecule has 0 aromatic rings. The van der Waals surface area contributed by atoms with Gasteiger partial charge in [0.25, 0.3) is 0 Å². The summed E-state index contributed by atoms with van der Waals surface area (Å²) in [4.78, 5) is 33.1. The lowest BCUT2D eigenvalue weighted by molar-refractivity contribution is -0.155. The van der Waals surface area contributed by atoms with E-state index in [1.165, 1.54) is 0 Å². The van der Waals surface area contributed by atoms with Gasteiger partial charge < -0.3 is 9.84 Å². The quantitative estimate of drug-likeness (QED) is 0.475. The van der Waals surface area contributed by atoms with Gasteiger partial charge in [0.1, 0.15) is 0 Å². The van der Waals surface area contributed by atoms with Gasteiger partial charge in [0, 0.05) is 0 Å². The highest BCUT2D eigenvalue weighted by molar-refractivity contribution is 5.98. The summed E-state index contributed by atoms with van der Waals surface area (Å²) in [7, 11) is 0. The largest absolute Gasteiger partial charge is 0.481 e. The van der Waals surface area contributed by atoms with Crippen molar-refractivity contribution in [3.8, 4) is 0 Å². The molecular weight excluding hydrogens is 188 g/mol. The molecule has 2 rings (SSSR count). The van der Waals surface area contributed by atoms with Crippen LogP contribution in [0.15, 0.2) is 0 Å². The number of aliphatic carboxylic acids is 1. The Morgan fingerprint density at radius 2 is 2.07 bits per heavy atom. The zero-order valence-corrected chi connectivity index (χ0v) is 7.60. The van der Waals surface area contributed by atoms with Crippen LogP contribution in [0.5, 0.6) is 0 Å². The monoisotopic (exact) mass is 198 g/mol. The van der Waals surface area contributed by atoms with Crippen molar-refractivity contribution in [1.82, 2.24) is 0 Å². The van der Waals surface area contributed by atoms with Crippen LogP contribution < -0.4 is 0 Å². The zero-order chi connectivity index (χ0) is 10.5. The molecule has 0 radical (unpaired) electrons. The standard InChI is InChI=1S/C9H10O5/c1-3-4(7(10)11)2-5-6(3)9(13)14-8(5)12/h3-6H,2H2,1H3,(H,10,11)/t3-,4+,5-,6+/m1/s1. The molecule has 5 heteroatoms. The van der Waals surface area contributed by atoms with Crippen molar-refractivity contribution in [2.45, 2.75) is 13.3 Å². The summed E-state index contributed by atoms with van der Waals surface area (Å²) >= 11 is 0. The average molecular weight is 198 g/mol. The van der Waals surface area contributed by atoms with Gasteiger partial charge in [-0.3, -0.25) is 14.4 Å². The van der Waals surface area contributed by atoms with E-state index < -0.39 is 35.7 Å². The lowest BCUT2D eigenvalue weighted by Crippen LogP contribution is -2.23. The molecule has 0 unspecified atom stereocenters. The number of ether oxygens (including phenoxy) is 1. The number of carboxylic acid groups (broad SMARTS) is 1. The maximum Gasteiger partial charge on any atom is 0.317 e. The van der Waals surface area contributed by atoms with Gasteiger partial charge in [0.2, 0.25) is 0 Å². The third kappa shape index (κ3) is 1.05. The molecule has 1 aliphatic carbocycles. The summed E-state index contributed by atoms with van der Waals surface area (Å²) in [6, 6.07) is 0. The van der Waals surface area contributed by atoms with Crippen LogP contribution in [0.25, 0.3) is 0 Å². The molecule has 4 atom stereocenters. The van der Waals surface area contributed by atoms with Crippen LogP contribution in [0, 0.1) is 23.7 Å². The fourth-order valence-corrected chi connectivity index (χ4v) is 2.44. The Hall–Kier alpha value is -1.39. The number of hydrogen-bond donors (Lipinski definition) is 1. The van der Waals surface area contributed by atoms with E-state index in [-0.39, 0.29) is 12.3 Å². The average Bonchev–Trinajstić information content (AvgIpc) is 2.54. The van der Waals surface area contributed by atoms with E-state index >= 15 is 0 Å². The van der Waals surface area contributed by atoms with Crippen molar-refractivity contribution in [2.75, 3.05) is 0 Å². The van der Waals surface area contributed by atoms with E-state index in [2.05, 4.69) is 4.74 Å². The number of fused-ring (bicyclic) bond motifs is 1. The lowest BCUT2D eigenvalue weighted by atomic mass is 9.90. The fourth-order valence-electron chi connectivity index (χ4n) is 2.44. The molecule has 0 spiro atoms. The van der Waals surface area contributed by atoms with E-state index in [4.69, 9.17) is 5.11 Å². The van der Waals surface area contributed by atoms with Crippen molar-refractivity contribution in [3.63, 3.8) is 0 Å². The van der Waals surface area contributed by atoms with Gasteiger partial charge in [-0.05, 0) is 12.3 Å². The maximum absolute atomic E-state index is 11.2. The summed E-state index contributed by atoms with van der Waals surface area (Å²) in [6.45, 7) is 1.68. The molecule has 0 aromatic heterocycles. The SMILES string of the molecule is C[C@H]1[C@@H]2C(=O)OC(=O)[C@@H]2C[C@@H]1C(=O)O. The van der Waals surface area contributed by atoms with Crippen molar-refractivity contribution in [1.29, 1.82) is 0 Å². The summed E-state index contributed by atoms with van der Waals surface area (Å²) in [5, 5.41) is 8.85. The third-order valence-corrected chi connectivity index (χ3v) is 3.24. The molecule has 5 nitrogen and oxygen atoms in total. The number of rotatable bonds is 1. The van der Waals surface area contributed by atoms with E-state index in [9.17, 15) is 14.4 Å². The molecule has 1 aliphatic heterocycles. The Morgan fingerprint density at radius 1 is 1.43 bits per heavy atom. The van der Waals surface area contributed by atoms with E-state index in [0.29, 0.717) is 0 Å². The minimum Gasteiger partial charge on any atom is -0.481 e. The van der Waals surface area contributed by atoms with E-state index in [0.717, 1.165) is 0 Å². The van der Waals surface area contributed by atoms with Crippen molar-refractivity contribution in [2.24, 2.45) is 23.7 Å². The molecule has 1 saturated carbocycles. The van der Waals surface area contributed by atoms with Gasteiger partial charge in [-0.15, -0.1) is 0 Å². The first-order chi connectivity index (χ1) is 6.52. The number of cyclic esters (lactones) is 2. The van der Waals surface area contributed by atoms with Gasteiger partial charge in [-0.1, -0.05) is 6.92 Å². The second-order valence-electron chi connectivity index (χ2n) is 3.91. The van der Waals surface area contributed by atoms with E-state index in [1.807, 2.05) is 0 Å². The van der Waals surface area contributed by atoms with Crippen LogP contribution in [0.4, 0.5) is 0 Å². The highest BCUT2D eigenvalue weighted by Crippen LogP contribution is 2.46. The molecule has 1 saturated heterocycles. The first-order valence-electron chi connectivity index (χ1n) is 4.50. The summed E-state index contributed by atoms with van der Waals surface area (Å²) in [6.07, 6.45) is 0.228. The molecule has 14 heavy (non-hydrogen) atoms. The number of hydrogen-bond acceptors (Lipinski definition) is 4. The molecule has 2 fully saturated rings. The predicted octanol–water partition coefficient (Wildman–Crippen LogP) is 0.0428. The Labute approximate surface area is 80.0 Å². The molecule has 0 bridgehead atoms. The molecule has 1 N–H and O–H groups in total. The van der Waals surface area contributed by atoms with Gasteiger partial charge in [0.05, 0.1) is 17.8 Å². The number of carbonyl (C=O) groups is 3.